The van der Waals surface area contributed by atoms with Crippen molar-refractivity contribution < 1.29 is 18.8 Å². The minimum atomic E-state index is -0.528. The van der Waals surface area contributed by atoms with Crippen molar-refractivity contribution in [3.8, 4) is 0 Å². The molecular formula is C24H36FN7O3. The molecule has 1 N–H and O–H groups in total. The second kappa shape index (κ2) is 11.9. The van der Waals surface area contributed by atoms with Gasteiger partial charge in [0.25, 0.3) is 0 Å². The Labute approximate surface area is 206 Å². The van der Waals surface area contributed by atoms with Gasteiger partial charge >= 0.3 is 6.09 Å². The topological polar surface area (TPSA) is 103 Å². The van der Waals surface area contributed by atoms with Gasteiger partial charge in [0.15, 0.2) is 5.84 Å². The summed E-state index contributed by atoms with van der Waals surface area (Å²) in [5.74, 6) is 0.929. The number of ether oxygens (including phenoxy) is 1. The molecule has 1 aromatic rings. The van der Waals surface area contributed by atoms with Gasteiger partial charge < -0.3 is 24.8 Å². The quantitative estimate of drug-likeness (QED) is 0.477. The van der Waals surface area contributed by atoms with E-state index < -0.39 is 5.60 Å². The molecule has 0 radical (unpaired) electrons. The van der Waals surface area contributed by atoms with Crippen molar-refractivity contribution in [1.82, 2.24) is 19.8 Å². The van der Waals surface area contributed by atoms with Crippen LogP contribution in [0.4, 0.5) is 20.9 Å². The number of nitrogens with zero attached hydrogens (tertiary/aromatic N) is 6. The molecule has 2 amide bonds. The highest BCUT2D eigenvalue weighted by atomic mass is 19.2. The molecule has 2 aliphatic rings. The van der Waals surface area contributed by atoms with Crippen molar-refractivity contribution in [1.29, 1.82) is 0 Å². The number of nitrogens with one attached hydrogen (secondary N) is 1. The SMILES string of the molecule is CCC(=O)N(/C=C/C(=NF)Nc1cnc(N2CCN(C(=O)OC(C)(C)C)CC2)cn1)C1CCCC1. The molecule has 3 rings (SSSR count). The summed E-state index contributed by atoms with van der Waals surface area (Å²) < 4.78 is 18.7. The first-order valence-electron chi connectivity index (χ1n) is 12.2. The van der Waals surface area contributed by atoms with Crippen molar-refractivity contribution in [2.75, 3.05) is 36.4 Å². The van der Waals surface area contributed by atoms with Crippen LogP contribution < -0.4 is 10.2 Å². The molecule has 10 nitrogen and oxygen atoms in total. The fourth-order valence-electron chi connectivity index (χ4n) is 4.14. The third-order valence-electron chi connectivity index (χ3n) is 5.94. The van der Waals surface area contributed by atoms with Gasteiger partial charge in [0.2, 0.25) is 5.91 Å². The van der Waals surface area contributed by atoms with Crippen molar-refractivity contribution in [2.45, 2.75) is 71.4 Å². The van der Waals surface area contributed by atoms with Crippen molar-refractivity contribution in [3.05, 3.63) is 24.7 Å². The zero-order valence-electron chi connectivity index (χ0n) is 21.0. The molecular weight excluding hydrogens is 453 g/mol. The zero-order valence-corrected chi connectivity index (χ0v) is 21.0. The summed E-state index contributed by atoms with van der Waals surface area (Å²) >= 11 is 0. The van der Waals surface area contributed by atoms with Crippen LogP contribution in [0, 0.1) is 0 Å². The van der Waals surface area contributed by atoms with Crippen LogP contribution in [0.2, 0.25) is 0 Å². The first-order valence-corrected chi connectivity index (χ1v) is 12.2. The van der Waals surface area contributed by atoms with E-state index >= 15 is 0 Å². The van der Waals surface area contributed by atoms with Crippen LogP contribution in [-0.2, 0) is 9.53 Å². The number of amides is 2. The number of hydrogen-bond donors (Lipinski definition) is 1. The Hall–Kier alpha value is -3.24. The van der Waals surface area contributed by atoms with Crippen LogP contribution in [0.15, 0.2) is 29.9 Å². The van der Waals surface area contributed by atoms with E-state index in [0.29, 0.717) is 44.2 Å². The predicted octanol–water partition coefficient (Wildman–Crippen LogP) is 3.92. The molecule has 0 atom stereocenters. The van der Waals surface area contributed by atoms with Crippen molar-refractivity contribution >= 4 is 29.5 Å². The summed E-state index contributed by atoms with van der Waals surface area (Å²) in [6, 6.07) is 0.148. The Balaban J connectivity index is 1.55. The Morgan fingerprint density at radius 1 is 1.20 bits per heavy atom. The van der Waals surface area contributed by atoms with Gasteiger partial charge in [0.05, 0.1) is 12.4 Å². The van der Waals surface area contributed by atoms with Crippen LogP contribution in [-0.4, -0.2) is 75.4 Å². The Morgan fingerprint density at radius 3 is 2.43 bits per heavy atom. The lowest BCUT2D eigenvalue weighted by Gasteiger charge is -2.36. The van der Waals surface area contributed by atoms with Crippen LogP contribution in [0.3, 0.4) is 0 Å². The molecule has 11 heteroatoms. The van der Waals surface area contributed by atoms with E-state index in [0.717, 1.165) is 25.7 Å². The molecule has 2 heterocycles. The van der Waals surface area contributed by atoms with Crippen LogP contribution >= 0.6 is 0 Å². The van der Waals surface area contributed by atoms with E-state index in [-0.39, 0.29) is 23.9 Å². The van der Waals surface area contributed by atoms with E-state index in [1.165, 1.54) is 12.3 Å². The van der Waals surface area contributed by atoms with Gasteiger partial charge in [-0.2, -0.15) is 0 Å². The number of carbonyl (C=O) groups is 2. The molecule has 192 valence electrons. The maximum atomic E-state index is 13.3. The maximum absolute atomic E-state index is 13.3. The number of aromatic nitrogens is 2. The van der Waals surface area contributed by atoms with Gasteiger partial charge in [0.1, 0.15) is 17.2 Å². The van der Waals surface area contributed by atoms with Crippen molar-refractivity contribution in [3.63, 3.8) is 0 Å². The summed E-state index contributed by atoms with van der Waals surface area (Å²) in [6.07, 6.45) is 10.3. The lowest BCUT2D eigenvalue weighted by atomic mass is 10.2. The standard InChI is InChI=1S/C24H36FN7O3/c1-5-22(33)32(18-8-6-7-9-18)11-10-19(29-25)28-20-16-27-21(17-26-20)30-12-14-31(15-13-30)23(34)35-24(2,3)4/h10-11,16-18H,5-9,12-15H2,1-4H3,(H,26,28,29)/b11-10+. The van der Waals surface area contributed by atoms with Gasteiger partial charge in [0, 0.05) is 44.8 Å². The second-order valence-electron chi connectivity index (χ2n) is 9.72. The molecule has 1 aliphatic carbocycles. The van der Waals surface area contributed by atoms with Gasteiger partial charge in [-0.05, 0) is 39.7 Å². The summed E-state index contributed by atoms with van der Waals surface area (Å²) in [5, 5.41) is 5.58. The molecule has 0 bridgehead atoms. The van der Waals surface area contributed by atoms with Gasteiger partial charge in [-0.25, -0.2) is 14.8 Å². The van der Waals surface area contributed by atoms with Crippen molar-refractivity contribution in [2.24, 2.45) is 5.21 Å². The molecule has 1 saturated carbocycles. The summed E-state index contributed by atoms with van der Waals surface area (Å²) in [6.45, 7) is 9.59. The van der Waals surface area contributed by atoms with Crippen LogP contribution in [0.5, 0.6) is 0 Å². The molecule has 0 aromatic carbocycles. The summed E-state index contributed by atoms with van der Waals surface area (Å²) in [7, 11) is 0. The molecule has 2 fully saturated rings. The van der Waals surface area contributed by atoms with E-state index in [2.05, 4.69) is 20.5 Å². The number of amidine groups is 1. The average molecular weight is 490 g/mol. The number of carbonyl (C=O) groups excluding carboxylic acids is 2. The molecule has 1 aromatic heterocycles. The van der Waals surface area contributed by atoms with Crippen LogP contribution in [0.1, 0.15) is 59.8 Å². The molecule has 1 aliphatic heterocycles. The minimum absolute atomic E-state index is 0.00210. The zero-order chi connectivity index (χ0) is 25.4. The smallest absolute Gasteiger partial charge is 0.410 e. The predicted molar refractivity (Wildman–Crippen MR) is 133 cm³/mol. The first kappa shape index (κ1) is 26.4. The van der Waals surface area contributed by atoms with E-state index in [4.69, 9.17) is 4.74 Å². The summed E-state index contributed by atoms with van der Waals surface area (Å²) in [4.78, 5) is 38.7. The monoisotopic (exact) mass is 489 g/mol. The molecule has 0 spiro atoms. The lowest BCUT2D eigenvalue weighted by molar-refractivity contribution is -0.130. The highest BCUT2D eigenvalue weighted by Crippen LogP contribution is 2.24. The highest BCUT2D eigenvalue weighted by molar-refractivity contribution is 6.03. The number of piperazine rings is 1. The average Bonchev–Trinajstić information content (AvgIpc) is 3.37. The minimum Gasteiger partial charge on any atom is -0.444 e. The number of halogens is 1. The van der Waals surface area contributed by atoms with E-state index in [9.17, 15) is 14.1 Å². The van der Waals surface area contributed by atoms with Gasteiger partial charge in [-0.15, -0.1) is 0 Å². The number of hydrogen-bond acceptors (Lipinski definition) is 7. The lowest BCUT2D eigenvalue weighted by Crippen LogP contribution is -2.50. The normalized spacial score (nSPS) is 17.7. The highest BCUT2D eigenvalue weighted by Gasteiger charge is 2.27. The van der Waals surface area contributed by atoms with Gasteiger partial charge in [-0.1, -0.05) is 29.5 Å². The first-order chi connectivity index (χ1) is 16.7. The fourth-order valence-corrected chi connectivity index (χ4v) is 4.14. The maximum Gasteiger partial charge on any atom is 0.410 e. The number of rotatable bonds is 6. The van der Waals surface area contributed by atoms with E-state index in [1.54, 1.807) is 22.2 Å². The Morgan fingerprint density at radius 2 is 1.89 bits per heavy atom. The molecule has 35 heavy (non-hydrogen) atoms. The van der Waals surface area contributed by atoms with Crippen LogP contribution in [0.25, 0.3) is 0 Å². The Kier molecular flexibility index (Phi) is 9.00. The fraction of sp³-hybridized carbons (Fsp3) is 0.625. The third kappa shape index (κ3) is 7.63. The molecule has 1 saturated heterocycles. The second-order valence-corrected chi connectivity index (χ2v) is 9.72. The summed E-state index contributed by atoms with van der Waals surface area (Å²) in [5.41, 5.74) is -0.528. The third-order valence-corrected chi connectivity index (χ3v) is 5.94. The Bertz CT molecular complexity index is 916. The largest absolute Gasteiger partial charge is 0.444 e. The number of anilines is 2. The van der Waals surface area contributed by atoms with E-state index in [1.807, 2.05) is 32.6 Å². The molecule has 0 unspecified atom stereocenters. The van der Waals surface area contributed by atoms with Gasteiger partial charge in [-0.3, -0.25) is 4.79 Å².